The third-order valence-electron chi connectivity index (χ3n) is 5.86. The molecule has 0 fully saturated rings. The first kappa shape index (κ1) is 23.6. The van der Waals surface area contributed by atoms with Crippen LogP contribution in [0.25, 0.3) is 0 Å². The minimum atomic E-state index is -0.525. The first-order valence-corrected chi connectivity index (χ1v) is 14.4. The van der Waals surface area contributed by atoms with Gasteiger partial charge >= 0.3 is 0 Å². The number of benzene rings is 4. The zero-order valence-corrected chi connectivity index (χ0v) is 21.8. The molecule has 0 bridgehead atoms. The van der Waals surface area contributed by atoms with Crippen LogP contribution >= 0.6 is 15.8 Å². The lowest BCUT2D eigenvalue weighted by Crippen LogP contribution is -2.14. The van der Waals surface area contributed by atoms with Gasteiger partial charge in [-0.1, -0.05) is 131 Å². The van der Waals surface area contributed by atoms with E-state index in [1.165, 1.54) is 43.5 Å². The Morgan fingerprint density at radius 2 is 0.758 bits per heavy atom. The van der Waals surface area contributed by atoms with Crippen LogP contribution in [0.2, 0.25) is 0 Å². The van der Waals surface area contributed by atoms with E-state index in [4.69, 9.17) is 0 Å². The second-order valence-electron chi connectivity index (χ2n) is 8.71. The van der Waals surface area contributed by atoms with Crippen molar-refractivity contribution < 1.29 is 0 Å². The van der Waals surface area contributed by atoms with Gasteiger partial charge in [0.1, 0.15) is 0 Å². The number of rotatable bonds is 7. The zero-order chi connectivity index (χ0) is 23.2. The first-order valence-electron chi connectivity index (χ1n) is 11.5. The smallest absolute Gasteiger partial charge is 0.00605 e. The number of aryl methyl sites for hydroxylation is 4. The fraction of sp³-hybridized carbons (Fsp3) is 0.161. The summed E-state index contributed by atoms with van der Waals surface area (Å²) in [6.07, 6.45) is 3.49. The van der Waals surface area contributed by atoms with Crippen LogP contribution in [0.5, 0.6) is 0 Å². The van der Waals surface area contributed by atoms with E-state index in [9.17, 15) is 0 Å². The maximum atomic E-state index is 2.47. The molecule has 0 saturated heterocycles. The molecule has 166 valence electrons. The topological polar surface area (TPSA) is 0 Å². The van der Waals surface area contributed by atoms with Gasteiger partial charge in [0, 0.05) is 0 Å². The highest BCUT2D eigenvalue weighted by molar-refractivity contribution is 7.76. The van der Waals surface area contributed by atoms with Gasteiger partial charge in [0.25, 0.3) is 0 Å². The van der Waals surface area contributed by atoms with Crippen molar-refractivity contribution in [2.24, 2.45) is 0 Å². The summed E-state index contributed by atoms with van der Waals surface area (Å²) >= 11 is 0. The summed E-state index contributed by atoms with van der Waals surface area (Å²) in [5, 5.41) is 5.70. The fourth-order valence-electron chi connectivity index (χ4n) is 3.80. The molecule has 4 aromatic carbocycles. The van der Waals surface area contributed by atoms with Crippen molar-refractivity contribution in [1.82, 2.24) is 0 Å². The van der Waals surface area contributed by atoms with Gasteiger partial charge < -0.3 is 0 Å². The third-order valence-corrected chi connectivity index (χ3v) is 10.5. The van der Waals surface area contributed by atoms with E-state index in [1.54, 1.807) is 0 Å². The summed E-state index contributed by atoms with van der Waals surface area (Å²) in [6.45, 7) is 8.64. The Balaban J connectivity index is 1.65. The predicted molar refractivity (Wildman–Crippen MR) is 151 cm³/mol. The quantitative estimate of drug-likeness (QED) is 0.257. The Morgan fingerprint density at radius 3 is 1.09 bits per heavy atom. The molecule has 0 N–H and O–H groups in total. The summed E-state index contributed by atoms with van der Waals surface area (Å²) in [5.74, 6) is 2.47. The highest BCUT2D eigenvalue weighted by atomic mass is 31.1. The summed E-state index contributed by atoms with van der Waals surface area (Å²) in [5.41, 5.74) is 5.25. The molecular formula is C31H32P2. The molecule has 0 aliphatic rings. The van der Waals surface area contributed by atoms with Crippen molar-refractivity contribution >= 4 is 37.1 Å². The molecule has 0 heterocycles. The average molecular weight is 467 g/mol. The average Bonchev–Trinajstić information content (AvgIpc) is 2.82. The maximum Gasteiger partial charge on any atom is -0.00605 e. The highest BCUT2D eigenvalue weighted by Crippen LogP contribution is 2.38. The number of hydrogen-bond donors (Lipinski definition) is 0. The zero-order valence-electron chi connectivity index (χ0n) is 20.0. The maximum absolute atomic E-state index is 2.47. The van der Waals surface area contributed by atoms with Crippen molar-refractivity contribution in [2.45, 2.75) is 27.7 Å². The van der Waals surface area contributed by atoms with Crippen LogP contribution < -0.4 is 21.2 Å². The lowest BCUT2D eigenvalue weighted by molar-refractivity contribution is 1.48. The van der Waals surface area contributed by atoms with Crippen LogP contribution in [0.4, 0.5) is 0 Å². The molecule has 33 heavy (non-hydrogen) atoms. The Hall–Kier alpha value is -2.52. The van der Waals surface area contributed by atoms with Crippen LogP contribution in [-0.2, 0) is 0 Å². The van der Waals surface area contributed by atoms with Crippen molar-refractivity contribution in [3.05, 3.63) is 131 Å². The standard InChI is InChI=1S/C31H32P2/c1-24-6-14-28(15-7-24)32(29-16-8-25(2)9-17-29)22-5-23-33(30-18-10-26(3)11-19-30)31-20-12-27(4)13-21-31/h5-22H,23H2,1-4H3. The molecule has 0 spiro atoms. The van der Waals surface area contributed by atoms with Gasteiger partial charge in [-0.2, -0.15) is 0 Å². The number of hydrogen-bond acceptors (Lipinski definition) is 0. The molecule has 4 rings (SSSR count). The molecule has 0 atom stereocenters. The summed E-state index contributed by atoms with van der Waals surface area (Å²) in [4.78, 5) is 0. The van der Waals surface area contributed by atoms with Gasteiger partial charge in [-0.05, 0) is 70.9 Å². The van der Waals surface area contributed by atoms with Gasteiger partial charge in [0.2, 0.25) is 0 Å². The molecule has 0 aromatic heterocycles. The van der Waals surface area contributed by atoms with Crippen LogP contribution in [0.15, 0.2) is 109 Å². The van der Waals surface area contributed by atoms with E-state index in [0.717, 1.165) is 6.16 Å². The lowest BCUT2D eigenvalue weighted by atomic mass is 10.2. The van der Waals surface area contributed by atoms with E-state index in [2.05, 4.69) is 137 Å². The van der Waals surface area contributed by atoms with Crippen LogP contribution in [0.1, 0.15) is 22.3 Å². The first-order chi connectivity index (χ1) is 16.0. The summed E-state index contributed by atoms with van der Waals surface area (Å²) in [7, 11) is -0.955. The van der Waals surface area contributed by atoms with Crippen LogP contribution in [0.3, 0.4) is 0 Å². The van der Waals surface area contributed by atoms with Gasteiger partial charge in [0.05, 0.1) is 0 Å². The molecule has 0 radical (unpaired) electrons. The molecule has 0 saturated carbocycles. The molecular weight excluding hydrogens is 434 g/mol. The van der Waals surface area contributed by atoms with Gasteiger partial charge in [0.15, 0.2) is 0 Å². The molecule has 0 aliphatic heterocycles. The van der Waals surface area contributed by atoms with E-state index >= 15 is 0 Å². The second kappa shape index (κ2) is 11.1. The summed E-state index contributed by atoms with van der Waals surface area (Å²) in [6, 6.07) is 36.4. The Labute approximate surface area is 201 Å². The molecule has 4 aromatic rings. The van der Waals surface area contributed by atoms with E-state index in [-0.39, 0.29) is 0 Å². The van der Waals surface area contributed by atoms with Gasteiger partial charge in [-0.25, -0.2) is 0 Å². The molecule has 0 aliphatic carbocycles. The minimum Gasteiger partial charge on any atom is -0.0785 e. The SMILES string of the molecule is Cc1ccc(P(C=CCP(c2ccc(C)cc2)c2ccc(C)cc2)c2ccc(C)cc2)cc1. The van der Waals surface area contributed by atoms with Crippen molar-refractivity contribution in [2.75, 3.05) is 6.16 Å². The Morgan fingerprint density at radius 1 is 0.455 bits per heavy atom. The van der Waals surface area contributed by atoms with Crippen molar-refractivity contribution in [3.63, 3.8) is 0 Å². The van der Waals surface area contributed by atoms with Crippen molar-refractivity contribution in [1.29, 1.82) is 0 Å². The number of allylic oxidation sites excluding steroid dienone is 1. The van der Waals surface area contributed by atoms with Crippen molar-refractivity contribution in [3.8, 4) is 0 Å². The van der Waals surface area contributed by atoms with E-state index in [1.807, 2.05) is 0 Å². The van der Waals surface area contributed by atoms with Crippen LogP contribution in [0, 0.1) is 27.7 Å². The lowest BCUT2D eigenvalue weighted by Gasteiger charge is -2.19. The molecule has 2 heteroatoms. The monoisotopic (exact) mass is 466 g/mol. The van der Waals surface area contributed by atoms with E-state index in [0.29, 0.717) is 0 Å². The third kappa shape index (κ3) is 6.29. The largest absolute Gasteiger partial charge is 0.0785 e. The molecule has 0 nitrogen and oxygen atoms in total. The second-order valence-corrected chi connectivity index (χ2v) is 13.0. The Bertz CT molecular complexity index is 1100. The van der Waals surface area contributed by atoms with Crippen LogP contribution in [-0.4, -0.2) is 6.16 Å². The van der Waals surface area contributed by atoms with Gasteiger partial charge in [-0.3, -0.25) is 0 Å². The minimum absolute atomic E-state index is 0.431. The molecule has 0 unspecified atom stereocenters. The highest BCUT2D eigenvalue weighted by Gasteiger charge is 2.14. The van der Waals surface area contributed by atoms with E-state index < -0.39 is 15.8 Å². The normalized spacial score (nSPS) is 11.6. The Kier molecular flexibility index (Phi) is 7.93. The van der Waals surface area contributed by atoms with Gasteiger partial charge in [-0.15, -0.1) is 0 Å². The summed E-state index contributed by atoms with van der Waals surface area (Å²) < 4.78 is 0. The molecule has 0 amide bonds. The predicted octanol–water partition coefficient (Wildman–Crippen LogP) is 7.00. The fourth-order valence-corrected chi connectivity index (χ4v) is 7.92.